The fourth-order valence-corrected chi connectivity index (χ4v) is 5.83. The molecular weight excluding hydrogens is 376 g/mol. The van der Waals surface area contributed by atoms with Crippen molar-refractivity contribution in [2.24, 2.45) is 0 Å². The lowest BCUT2D eigenvalue weighted by Crippen LogP contribution is -2.22. The normalized spacial score (nSPS) is 13.7. The Labute approximate surface area is 166 Å². The highest BCUT2D eigenvalue weighted by Crippen LogP contribution is 2.35. The highest BCUT2D eigenvalue weighted by molar-refractivity contribution is 7.99. The van der Waals surface area contributed by atoms with Crippen molar-refractivity contribution in [1.82, 2.24) is 9.55 Å². The zero-order valence-corrected chi connectivity index (χ0v) is 17.0. The first-order valence-electron chi connectivity index (χ1n) is 9.40. The maximum absolute atomic E-state index is 13.5. The van der Waals surface area contributed by atoms with Crippen LogP contribution in [-0.2, 0) is 17.6 Å². The molecule has 2 aromatic heterocycles. The Kier molecular flexibility index (Phi) is 5.45. The van der Waals surface area contributed by atoms with Crippen LogP contribution in [0.2, 0.25) is 0 Å². The van der Waals surface area contributed by atoms with E-state index in [1.165, 1.54) is 16.9 Å². The van der Waals surface area contributed by atoms with Gasteiger partial charge in [-0.25, -0.2) is 4.98 Å². The smallest absolute Gasteiger partial charge is 0.267 e. The minimum absolute atomic E-state index is 0.0414. The van der Waals surface area contributed by atoms with E-state index in [2.05, 4.69) is 0 Å². The Morgan fingerprint density at radius 1 is 1.22 bits per heavy atom. The first-order chi connectivity index (χ1) is 13.1. The van der Waals surface area contributed by atoms with Crippen LogP contribution in [0.1, 0.15) is 43.0 Å². The molecule has 0 unspecified atom stereocenters. The Balaban J connectivity index is 1.82. The number of hydrogen-bond donors (Lipinski definition) is 0. The van der Waals surface area contributed by atoms with Crippen molar-refractivity contribution in [3.05, 3.63) is 51.1 Å². The predicted molar refractivity (Wildman–Crippen MR) is 112 cm³/mol. The number of thioether (sulfide) groups is 1. The molecular formula is C21H22N2O2S2. The molecule has 27 heavy (non-hydrogen) atoms. The summed E-state index contributed by atoms with van der Waals surface area (Å²) in [4.78, 5) is 31.8. The summed E-state index contributed by atoms with van der Waals surface area (Å²) in [5.41, 5.74) is 2.11. The molecule has 3 aromatic rings. The van der Waals surface area contributed by atoms with E-state index < -0.39 is 0 Å². The van der Waals surface area contributed by atoms with Gasteiger partial charge in [0, 0.05) is 17.1 Å². The molecule has 1 aliphatic rings. The number of nitrogens with zero attached hydrogens (tertiary/aromatic N) is 2. The van der Waals surface area contributed by atoms with Crippen LogP contribution in [0.5, 0.6) is 0 Å². The Morgan fingerprint density at radius 3 is 2.78 bits per heavy atom. The number of Topliss-reactive ketones (excluding diaryl/α,β-unsaturated/α-hetero) is 1. The molecule has 0 atom stereocenters. The minimum atomic E-state index is 0.0414. The van der Waals surface area contributed by atoms with Gasteiger partial charge in [-0.1, -0.05) is 30.0 Å². The molecule has 0 N–H and O–H groups in total. The third-order valence-corrected chi connectivity index (χ3v) is 7.09. The molecule has 0 saturated carbocycles. The van der Waals surface area contributed by atoms with Crippen molar-refractivity contribution in [3.63, 3.8) is 0 Å². The van der Waals surface area contributed by atoms with Gasteiger partial charge in [0.15, 0.2) is 5.16 Å². The number of aryl methyl sites for hydroxylation is 2. The van der Waals surface area contributed by atoms with Gasteiger partial charge in [-0.05, 0) is 56.7 Å². The van der Waals surface area contributed by atoms with Crippen molar-refractivity contribution < 1.29 is 4.79 Å². The molecule has 4 rings (SSSR count). The number of rotatable bonds is 6. The van der Waals surface area contributed by atoms with Crippen LogP contribution in [0.25, 0.3) is 15.9 Å². The van der Waals surface area contributed by atoms with E-state index in [4.69, 9.17) is 4.98 Å². The van der Waals surface area contributed by atoms with Crippen molar-refractivity contribution >= 4 is 39.1 Å². The summed E-state index contributed by atoms with van der Waals surface area (Å²) in [6.45, 7) is 1.62. The van der Waals surface area contributed by atoms with E-state index in [1.54, 1.807) is 34.6 Å². The number of carbonyl (C=O) groups is 1. The fraction of sp³-hybridized carbons (Fsp3) is 0.381. The van der Waals surface area contributed by atoms with E-state index in [1.807, 2.05) is 30.3 Å². The SMILES string of the molecule is CC(=O)CCCSc1nc2sc3c(c2c(=O)n1-c1ccccc1)CCCC3. The highest BCUT2D eigenvalue weighted by Gasteiger charge is 2.22. The Bertz CT molecular complexity index is 1040. The van der Waals surface area contributed by atoms with Crippen LogP contribution in [-0.4, -0.2) is 21.1 Å². The van der Waals surface area contributed by atoms with Gasteiger partial charge in [0.05, 0.1) is 11.1 Å². The molecule has 6 heteroatoms. The van der Waals surface area contributed by atoms with Gasteiger partial charge in [0.2, 0.25) is 0 Å². The molecule has 0 amide bonds. The van der Waals surface area contributed by atoms with Crippen molar-refractivity contribution in [2.45, 2.75) is 50.6 Å². The average Bonchev–Trinajstić information content (AvgIpc) is 3.04. The number of fused-ring (bicyclic) bond motifs is 3. The monoisotopic (exact) mass is 398 g/mol. The second-order valence-corrected chi connectivity index (χ2v) is 9.06. The number of carbonyl (C=O) groups excluding carboxylic acids is 1. The van der Waals surface area contributed by atoms with E-state index in [-0.39, 0.29) is 11.3 Å². The summed E-state index contributed by atoms with van der Waals surface area (Å²) in [5, 5.41) is 1.53. The Morgan fingerprint density at radius 2 is 2.00 bits per heavy atom. The summed E-state index contributed by atoms with van der Waals surface area (Å²) in [5.74, 6) is 0.973. The molecule has 0 bridgehead atoms. The third-order valence-electron chi connectivity index (χ3n) is 4.88. The molecule has 0 fully saturated rings. The number of aromatic nitrogens is 2. The van der Waals surface area contributed by atoms with Gasteiger partial charge in [0.1, 0.15) is 10.6 Å². The molecule has 0 spiro atoms. The molecule has 140 valence electrons. The lowest BCUT2D eigenvalue weighted by atomic mass is 9.97. The van der Waals surface area contributed by atoms with Gasteiger partial charge in [-0.3, -0.25) is 9.36 Å². The third kappa shape index (κ3) is 3.73. The molecule has 2 heterocycles. The van der Waals surface area contributed by atoms with Crippen LogP contribution < -0.4 is 5.56 Å². The largest absolute Gasteiger partial charge is 0.300 e. The number of benzene rings is 1. The molecule has 4 nitrogen and oxygen atoms in total. The lowest BCUT2D eigenvalue weighted by molar-refractivity contribution is -0.117. The average molecular weight is 399 g/mol. The molecule has 0 radical (unpaired) electrons. The number of ketones is 1. The maximum Gasteiger partial charge on any atom is 0.267 e. The Hall–Kier alpha value is -1.92. The zero-order valence-electron chi connectivity index (χ0n) is 15.4. The second-order valence-electron chi connectivity index (χ2n) is 6.92. The molecule has 1 aromatic carbocycles. The molecule has 1 aliphatic carbocycles. The summed E-state index contributed by atoms with van der Waals surface area (Å²) < 4.78 is 1.75. The van der Waals surface area contributed by atoms with Crippen molar-refractivity contribution in [2.75, 3.05) is 5.75 Å². The van der Waals surface area contributed by atoms with Crippen molar-refractivity contribution in [3.8, 4) is 5.69 Å². The van der Waals surface area contributed by atoms with Gasteiger partial charge < -0.3 is 4.79 Å². The van der Waals surface area contributed by atoms with Gasteiger partial charge in [0.25, 0.3) is 5.56 Å². The number of para-hydroxylation sites is 1. The summed E-state index contributed by atoms with van der Waals surface area (Å²) in [6, 6.07) is 9.74. The van der Waals surface area contributed by atoms with E-state index in [9.17, 15) is 9.59 Å². The van der Waals surface area contributed by atoms with Gasteiger partial charge >= 0.3 is 0 Å². The lowest BCUT2D eigenvalue weighted by Gasteiger charge is -2.13. The fourth-order valence-electron chi connectivity index (χ4n) is 3.57. The zero-order chi connectivity index (χ0) is 18.8. The standard InChI is InChI=1S/C21H22N2O2S2/c1-14(24)8-7-13-26-21-22-19-18(16-11-5-6-12-17(16)27-19)20(25)23(21)15-9-3-2-4-10-15/h2-4,9-10H,5-8,11-13H2,1H3. The first-order valence-corrected chi connectivity index (χ1v) is 11.2. The van der Waals surface area contributed by atoms with Crippen molar-refractivity contribution in [1.29, 1.82) is 0 Å². The predicted octanol–water partition coefficient (Wildman–Crippen LogP) is 4.79. The van der Waals surface area contributed by atoms with E-state index >= 15 is 0 Å². The minimum Gasteiger partial charge on any atom is -0.300 e. The van der Waals surface area contributed by atoms with Crippen LogP contribution in [0, 0.1) is 0 Å². The van der Waals surface area contributed by atoms with Crippen LogP contribution >= 0.6 is 23.1 Å². The maximum atomic E-state index is 13.5. The first kappa shape index (κ1) is 18.4. The van der Waals surface area contributed by atoms with Crippen LogP contribution in [0.3, 0.4) is 0 Å². The number of thiophene rings is 1. The number of hydrogen-bond acceptors (Lipinski definition) is 5. The summed E-state index contributed by atoms with van der Waals surface area (Å²) in [7, 11) is 0. The molecule has 0 saturated heterocycles. The van der Waals surface area contributed by atoms with Crippen LogP contribution in [0.15, 0.2) is 40.3 Å². The van der Waals surface area contributed by atoms with Crippen LogP contribution in [0.4, 0.5) is 0 Å². The summed E-state index contributed by atoms with van der Waals surface area (Å²) >= 11 is 3.25. The quantitative estimate of drug-likeness (QED) is 0.340. The molecule has 0 aliphatic heterocycles. The highest BCUT2D eigenvalue weighted by atomic mass is 32.2. The van der Waals surface area contributed by atoms with Gasteiger partial charge in [-0.15, -0.1) is 11.3 Å². The second kappa shape index (κ2) is 7.98. The van der Waals surface area contributed by atoms with Gasteiger partial charge in [-0.2, -0.15) is 0 Å². The summed E-state index contributed by atoms with van der Waals surface area (Å²) in [6.07, 6.45) is 5.74. The van der Waals surface area contributed by atoms with E-state index in [0.29, 0.717) is 6.42 Å². The topological polar surface area (TPSA) is 52.0 Å². The van der Waals surface area contributed by atoms with E-state index in [0.717, 1.165) is 52.5 Å².